The molecule has 4 heteroatoms. The van der Waals surface area contributed by atoms with E-state index in [4.69, 9.17) is 28.3 Å². The molecule has 20 heavy (non-hydrogen) atoms. The van der Waals surface area contributed by atoms with Crippen LogP contribution in [0, 0.1) is 0 Å². The van der Waals surface area contributed by atoms with Gasteiger partial charge in [-0.25, -0.2) is 0 Å². The average molecular weight is 311 g/mol. The van der Waals surface area contributed by atoms with Crippen LogP contribution in [-0.2, 0) is 0 Å². The second kappa shape index (κ2) is 8.05. The van der Waals surface area contributed by atoms with Crippen molar-refractivity contribution in [2.24, 2.45) is 0 Å². The van der Waals surface area contributed by atoms with Crippen molar-refractivity contribution in [3.63, 3.8) is 0 Å². The molecule has 0 aliphatic heterocycles. The van der Waals surface area contributed by atoms with E-state index >= 15 is 0 Å². The average Bonchev–Trinajstić information content (AvgIpc) is 2.39. The van der Waals surface area contributed by atoms with Crippen LogP contribution in [0.1, 0.15) is 35.9 Å². The molecule has 0 aliphatic carbocycles. The molecule has 0 aliphatic rings. The van der Waals surface area contributed by atoms with Gasteiger partial charge in [0.1, 0.15) is 0 Å². The molecular weight excluding hydrogens is 295 g/mol. The van der Waals surface area contributed by atoms with Crippen LogP contribution in [-0.4, -0.2) is 10.9 Å². The maximum absolute atomic E-state index is 10.7. The Morgan fingerprint density at radius 1 is 1.05 bits per heavy atom. The first-order chi connectivity index (χ1) is 9.40. The van der Waals surface area contributed by atoms with Gasteiger partial charge in [-0.2, -0.15) is 0 Å². The van der Waals surface area contributed by atoms with E-state index in [1.54, 1.807) is 43.3 Å². The van der Waals surface area contributed by atoms with Crippen LogP contribution in [0.2, 0.25) is 10.0 Å². The number of hydrogen-bond acceptors (Lipinski definition) is 2. The number of aliphatic hydroxyl groups excluding tert-OH is 1. The van der Waals surface area contributed by atoms with Crippen molar-refractivity contribution in [3.05, 3.63) is 69.7 Å². The van der Waals surface area contributed by atoms with Crippen molar-refractivity contribution in [1.29, 1.82) is 0 Å². The summed E-state index contributed by atoms with van der Waals surface area (Å²) in [5, 5.41) is 10.4. The van der Waals surface area contributed by atoms with Gasteiger partial charge in [0.25, 0.3) is 0 Å². The third-order valence-electron chi connectivity index (χ3n) is 2.56. The fraction of sp³-hybridized carbons (Fsp3) is 0.188. The molecule has 0 bridgehead atoms. The predicted molar refractivity (Wildman–Crippen MR) is 83.5 cm³/mol. The van der Waals surface area contributed by atoms with E-state index in [-0.39, 0.29) is 5.78 Å². The zero-order chi connectivity index (χ0) is 15.1. The zero-order valence-electron chi connectivity index (χ0n) is 11.3. The zero-order valence-corrected chi connectivity index (χ0v) is 12.8. The lowest BCUT2D eigenvalue weighted by molar-refractivity contribution is 0.101. The smallest absolute Gasteiger partial charge is 0.159 e. The number of Topliss-reactive ketones (excluding diaryl/α,β-unsaturated/α-hetero) is 1. The summed E-state index contributed by atoms with van der Waals surface area (Å²) < 4.78 is 0. The monoisotopic (exact) mass is 310 g/mol. The Morgan fingerprint density at radius 3 is 1.95 bits per heavy atom. The van der Waals surface area contributed by atoms with Gasteiger partial charge in [-0.15, -0.1) is 0 Å². The number of carbonyl (C=O) groups excluding carboxylic acids is 1. The highest BCUT2D eigenvalue weighted by molar-refractivity contribution is 6.31. The van der Waals surface area contributed by atoms with Gasteiger partial charge in [0.2, 0.25) is 0 Å². The molecule has 106 valence electrons. The van der Waals surface area contributed by atoms with Gasteiger partial charge in [0.15, 0.2) is 5.78 Å². The minimum Gasteiger partial charge on any atom is -0.389 e. The summed E-state index contributed by atoms with van der Waals surface area (Å²) >= 11 is 11.3. The minimum atomic E-state index is -0.432. The Balaban J connectivity index is 0.000000200. The van der Waals surface area contributed by atoms with Crippen LogP contribution in [0.4, 0.5) is 0 Å². The third-order valence-corrected chi connectivity index (χ3v) is 3.03. The van der Waals surface area contributed by atoms with E-state index in [0.717, 1.165) is 5.56 Å². The molecule has 0 heterocycles. The van der Waals surface area contributed by atoms with Crippen LogP contribution in [0.15, 0.2) is 48.5 Å². The van der Waals surface area contributed by atoms with Gasteiger partial charge in [-0.3, -0.25) is 4.79 Å². The maximum Gasteiger partial charge on any atom is 0.159 e. The van der Waals surface area contributed by atoms with E-state index in [9.17, 15) is 4.79 Å². The molecule has 2 rings (SSSR count). The summed E-state index contributed by atoms with van der Waals surface area (Å²) in [6.07, 6.45) is -0.432. The predicted octanol–water partition coefficient (Wildman–Crippen LogP) is 4.94. The number of ketones is 1. The van der Waals surface area contributed by atoms with Gasteiger partial charge in [0.05, 0.1) is 6.10 Å². The molecule has 1 N–H and O–H groups in total. The Kier molecular flexibility index (Phi) is 6.73. The molecule has 2 aromatic carbocycles. The Morgan fingerprint density at radius 2 is 1.60 bits per heavy atom. The van der Waals surface area contributed by atoms with Crippen LogP contribution in [0.5, 0.6) is 0 Å². The van der Waals surface area contributed by atoms with Crippen LogP contribution in [0.3, 0.4) is 0 Å². The van der Waals surface area contributed by atoms with E-state index in [2.05, 4.69) is 0 Å². The molecule has 0 fully saturated rings. The van der Waals surface area contributed by atoms with Crippen molar-refractivity contribution in [3.8, 4) is 0 Å². The Bertz CT molecular complexity index is 580. The van der Waals surface area contributed by atoms with Crippen molar-refractivity contribution >= 4 is 29.0 Å². The number of carbonyl (C=O) groups is 1. The SMILES string of the molecule is CC(=O)c1cccc(Cl)c1.CC(O)c1cccc(Cl)c1. The standard InChI is InChI=1S/C8H9ClO.C8H7ClO/c2*1-6(10)7-3-2-4-8(9)5-7/h2-6,10H,1H3;2-5H,1H3. The molecule has 1 atom stereocenters. The number of hydrogen-bond donors (Lipinski definition) is 1. The van der Waals surface area contributed by atoms with Crippen LogP contribution in [0.25, 0.3) is 0 Å². The lowest BCUT2D eigenvalue weighted by Gasteiger charge is -2.02. The molecule has 0 amide bonds. The van der Waals surface area contributed by atoms with Crippen molar-refractivity contribution in [2.75, 3.05) is 0 Å². The maximum atomic E-state index is 10.7. The topological polar surface area (TPSA) is 37.3 Å². The summed E-state index contributed by atoms with van der Waals surface area (Å²) in [7, 11) is 0. The number of benzene rings is 2. The van der Waals surface area contributed by atoms with Gasteiger partial charge in [-0.05, 0) is 43.7 Å². The quantitative estimate of drug-likeness (QED) is 0.798. The first-order valence-corrected chi connectivity index (χ1v) is 6.85. The molecule has 2 nitrogen and oxygen atoms in total. The fourth-order valence-corrected chi connectivity index (χ4v) is 1.86. The normalized spacial score (nSPS) is 11.2. The minimum absolute atomic E-state index is 0.0440. The molecule has 1 unspecified atom stereocenters. The van der Waals surface area contributed by atoms with Crippen LogP contribution < -0.4 is 0 Å². The van der Waals surface area contributed by atoms with E-state index < -0.39 is 6.10 Å². The second-order valence-corrected chi connectivity index (χ2v) is 5.17. The molecule has 0 saturated carbocycles. The molecule has 0 aromatic heterocycles. The Labute approximate surface area is 129 Å². The summed E-state index contributed by atoms with van der Waals surface area (Å²) in [5.74, 6) is 0.0440. The lowest BCUT2D eigenvalue weighted by atomic mass is 10.1. The van der Waals surface area contributed by atoms with E-state index in [1.165, 1.54) is 6.92 Å². The van der Waals surface area contributed by atoms with Crippen LogP contribution >= 0.6 is 23.2 Å². The largest absolute Gasteiger partial charge is 0.389 e. The molecule has 0 spiro atoms. The summed E-state index contributed by atoms with van der Waals surface area (Å²) in [4.78, 5) is 10.7. The van der Waals surface area contributed by atoms with Crippen molar-refractivity contribution in [2.45, 2.75) is 20.0 Å². The highest BCUT2D eigenvalue weighted by Gasteiger charge is 1.98. The van der Waals surface area contributed by atoms with Crippen molar-refractivity contribution < 1.29 is 9.90 Å². The first kappa shape index (κ1) is 16.7. The van der Waals surface area contributed by atoms with E-state index in [0.29, 0.717) is 15.6 Å². The lowest BCUT2D eigenvalue weighted by Crippen LogP contribution is -1.89. The summed E-state index contributed by atoms with van der Waals surface area (Å²) in [5.41, 5.74) is 1.51. The fourth-order valence-electron chi connectivity index (χ4n) is 1.47. The molecular formula is C16H16Cl2O2. The molecule has 0 saturated heterocycles. The number of aliphatic hydroxyl groups is 1. The summed E-state index contributed by atoms with van der Waals surface area (Å²) in [6.45, 7) is 3.23. The third kappa shape index (κ3) is 5.74. The van der Waals surface area contributed by atoms with Gasteiger partial charge in [0, 0.05) is 15.6 Å². The number of rotatable bonds is 2. The van der Waals surface area contributed by atoms with Gasteiger partial charge in [-0.1, -0.05) is 47.5 Å². The summed E-state index contributed by atoms with van der Waals surface area (Å²) in [6, 6.07) is 14.1. The highest BCUT2D eigenvalue weighted by Crippen LogP contribution is 2.16. The molecule has 0 radical (unpaired) electrons. The van der Waals surface area contributed by atoms with E-state index in [1.807, 2.05) is 12.1 Å². The van der Waals surface area contributed by atoms with Crippen molar-refractivity contribution in [1.82, 2.24) is 0 Å². The number of halogens is 2. The first-order valence-electron chi connectivity index (χ1n) is 6.10. The Hall–Kier alpha value is -1.35. The van der Waals surface area contributed by atoms with Gasteiger partial charge >= 0.3 is 0 Å². The van der Waals surface area contributed by atoms with Gasteiger partial charge < -0.3 is 5.11 Å². The highest BCUT2D eigenvalue weighted by atomic mass is 35.5. The second-order valence-electron chi connectivity index (χ2n) is 4.30. The molecule has 2 aromatic rings.